The second-order valence-corrected chi connectivity index (χ2v) is 8.01. The van der Waals surface area contributed by atoms with Gasteiger partial charge in [0.1, 0.15) is 0 Å². The molecule has 1 aliphatic rings. The maximum atomic E-state index is 12.2. The molecule has 8 nitrogen and oxygen atoms in total. The quantitative estimate of drug-likeness (QED) is 0.392. The number of rotatable bonds is 11. The predicted molar refractivity (Wildman–Crippen MR) is 129 cm³/mol. The molecule has 1 saturated heterocycles. The van der Waals surface area contributed by atoms with Gasteiger partial charge in [-0.15, -0.1) is 0 Å². The molecule has 0 radical (unpaired) electrons. The molecule has 0 spiro atoms. The molecule has 4 N–H and O–H groups in total. The van der Waals surface area contributed by atoms with Crippen LogP contribution in [0.2, 0.25) is 0 Å². The van der Waals surface area contributed by atoms with Crippen molar-refractivity contribution in [2.24, 2.45) is 0 Å². The van der Waals surface area contributed by atoms with Gasteiger partial charge in [0.25, 0.3) is 11.8 Å². The van der Waals surface area contributed by atoms with Crippen LogP contribution < -0.4 is 21.3 Å². The predicted octanol–water partition coefficient (Wildman–Crippen LogP) is 3.18. The number of nitrogens with one attached hydrogen (secondary N) is 4. The highest BCUT2D eigenvalue weighted by atomic mass is 16.5. The van der Waals surface area contributed by atoms with Gasteiger partial charge < -0.3 is 26.0 Å². The molecule has 1 unspecified atom stereocenters. The Labute approximate surface area is 194 Å². The molecular weight excluding hydrogens is 420 g/mol. The van der Waals surface area contributed by atoms with Crippen molar-refractivity contribution in [2.75, 3.05) is 36.9 Å². The minimum absolute atomic E-state index is 0.0751. The average molecular weight is 453 g/mol. The number of hydrogen-bond acceptors (Lipinski definition) is 5. The Morgan fingerprint density at radius 1 is 0.909 bits per heavy atom. The molecule has 8 heteroatoms. The van der Waals surface area contributed by atoms with Crippen LogP contribution >= 0.6 is 0 Å². The van der Waals surface area contributed by atoms with Gasteiger partial charge in [-0.05, 0) is 67.8 Å². The first kappa shape index (κ1) is 24.3. The van der Waals surface area contributed by atoms with Crippen LogP contribution in [-0.4, -0.2) is 50.1 Å². The number of amides is 3. The Morgan fingerprint density at radius 3 is 2.15 bits per heavy atom. The molecule has 1 fully saturated rings. The summed E-state index contributed by atoms with van der Waals surface area (Å²) in [5.74, 6) is -0.476. The number of anilines is 2. The Bertz CT molecular complexity index is 922. The molecule has 33 heavy (non-hydrogen) atoms. The third-order valence-corrected chi connectivity index (χ3v) is 5.36. The highest BCUT2D eigenvalue weighted by Crippen LogP contribution is 2.13. The van der Waals surface area contributed by atoms with Crippen molar-refractivity contribution in [1.29, 1.82) is 0 Å². The van der Waals surface area contributed by atoms with Crippen LogP contribution in [0.5, 0.6) is 0 Å². The second kappa shape index (κ2) is 12.6. The van der Waals surface area contributed by atoms with Gasteiger partial charge in [-0.2, -0.15) is 0 Å². The first-order valence-electron chi connectivity index (χ1n) is 11.5. The van der Waals surface area contributed by atoms with Crippen LogP contribution in [0, 0.1) is 0 Å². The van der Waals surface area contributed by atoms with E-state index in [1.54, 1.807) is 48.5 Å². The fraction of sp³-hybridized carbons (Fsp3) is 0.400. The van der Waals surface area contributed by atoms with Crippen LogP contribution in [-0.2, 0) is 9.53 Å². The highest BCUT2D eigenvalue weighted by Gasteiger charge is 2.16. The smallest absolute Gasteiger partial charge is 0.251 e. The van der Waals surface area contributed by atoms with Crippen molar-refractivity contribution < 1.29 is 19.1 Å². The molecule has 3 amide bonds. The summed E-state index contributed by atoms with van der Waals surface area (Å²) in [6.45, 7) is 4.08. The van der Waals surface area contributed by atoms with E-state index in [-0.39, 0.29) is 30.4 Å². The molecular formula is C25H32N4O4. The van der Waals surface area contributed by atoms with E-state index in [4.69, 9.17) is 4.74 Å². The Hall–Kier alpha value is -3.39. The first-order chi connectivity index (χ1) is 16.0. The number of benzene rings is 2. The normalized spacial score (nSPS) is 15.0. The summed E-state index contributed by atoms with van der Waals surface area (Å²) in [6.07, 6.45) is 4.08. The van der Waals surface area contributed by atoms with Crippen molar-refractivity contribution in [3.05, 3.63) is 59.7 Å². The number of unbranched alkanes of at least 4 members (excludes halogenated alkanes) is 1. The molecule has 0 saturated carbocycles. The molecule has 3 rings (SSSR count). The summed E-state index contributed by atoms with van der Waals surface area (Å²) >= 11 is 0. The summed E-state index contributed by atoms with van der Waals surface area (Å²) < 4.78 is 5.51. The molecule has 1 aliphatic heterocycles. The van der Waals surface area contributed by atoms with Crippen LogP contribution in [0.15, 0.2) is 48.5 Å². The summed E-state index contributed by atoms with van der Waals surface area (Å²) in [4.78, 5) is 36.5. The molecule has 1 atom stereocenters. The van der Waals surface area contributed by atoms with Gasteiger partial charge >= 0.3 is 0 Å². The minimum Gasteiger partial charge on any atom is -0.376 e. The highest BCUT2D eigenvalue weighted by molar-refractivity contribution is 5.97. The van der Waals surface area contributed by atoms with Crippen molar-refractivity contribution in [3.8, 4) is 0 Å². The molecule has 1 heterocycles. The van der Waals surface area contributed by atoms with E-state index in [0.29, 0.717) is 29.9 Å². The summed E-state index contributed by atoms with van der Waals surface area (Å²) in [5, 5.41) is 11.6. The maximum Gasteiger partial charge on any atom is 0.251 e. The molecule has 2 aromatic carbocycles. The zero-order chi connectivity index (χ0) is 23.5. The summed E-state index contributed by atoms with van der Waals surface area (Å²) in [7, 11) is 0. The number of carbonyl (C=O) groups is 3. The van der Waals surface area contributed by atoms with E-state index < -0.39 is 0 Å². The molecule has 176 valence electrons. The number of hydrogen-bond donors (Lipinski definition) is 4. The zero-order valence-corrected chi connectivity index (χ0v) is 19.0. The summed E-state index contributed by atoms with van der Waals surface area (Å²) in [5.41, 5.74) is 2.47. The van der Waals surface area contributed by atoms with Gasteiger partial charge in [-0.3, -0.25) is 14.4 Å². The molecule has 2 aromatic rings. The van der Waals surface area contributed by atoms with E-state index in [0.717, 1.165) is 38.0 Å². The van der Waals surface area contributed by atoms with Gasteiger partial charge in [0.05, 0.1) is 12.6 Å². The van der Waals surface area contributed by atoms with E-state index in [1.807, 2.05) is 0 Å². The standard InChI is InChI=1S/C25H32N4O4/c1-2-3-14-26-24(31)18-6-10-20(11-7-18)27-17-23(30)29-21-12-8-19(9-13-21)25(32)28-16-22-5-4-15-33-22/h6-13,22,27H,2-5,14-17H2,1H3,(H,26,31)(H,28,32)(H,29,30). The third kappa shape index (κ3) is 7.91. The van der Waals surface area contributed by atoms with E-state index in [1.165, 1.54) is 0 Å². The largest absolute Gasteiger partial charge is 0.376 e. The topological polar surface area (TPSA) is 109 Å². The molecule has 0 aliphatic carbocycles. The average Bonchev–Trinajstić information content (AvgIpc) is 3.36. The maximum absolute atomic E-state index is 12.2. The van der Waals surface area contributed by atoms with Crippen LogP contribution in [0.3, 0.4) is 0 Å². The monoisotopic (exact) mass is 452 g/mol. The zero-order valence-electron chi connectivity index (χ0n) is 19.0. The minimum atomic E-state index is -0.216. The Balaban J connectivity index is 1.40. The fourth-order valence-electron chi connectivity index (χ4n) is 3.43. The van der Waals surface area contributed by atoms with Crippen molar-refractivity contribution in [2.45, 2.75) is 38.7 Å². The lowest BCUT2D eigenvalue weighted by Crippen LogP contribution is -2.31. The molecule has 0 bridgehead atoms. The molecule has 0 aromatic heterocycles. The van der Waals surface area contributed by atoms with Crippen LogP contribution in [0.4, 0.5) is 11.4 Å². The Kier molecular flexibility index (Phi) is 9.26. The lowest BCUT2D eigenvalue weighted by molar-refractivity contribution is -0.114. The SMILES string of the molecule is CCCCNC(=O)c1ccc(NCC(=O)Nc2ccc(C(=O)NCC3CCCO3)cc2)cc1. The van der Waals surface area contributed by atoms with Gasteiger partial charge in [0.15, 0.2) is 0 Å². The van der Waals surface area contributed by atoms with Gasteiger partial charge in [-0.25, -0.2) is 0 Å². The van der Waals surface area contributed by atoms with Crippen molar-refractivity contribution in [1.82, 2.24) is 10.6 Å². The van der Waals surface area contributed by atoms with Crippen molar-refractivity contribution in [3.63, 3.8) is 0 Å². The van der Waals surface area contributed by atoms with E-state index in [2.05, 4.69) is 28.2 Å². The number of carbonyl (C=O) groups excluding carboxylic acids is 3. The van der Waals surface area contributed by atoms with Crippen LogP contribution in [0.1, 0.15) is 53.3 Å². The van der Waals surface area contributed by atoms with Crippen molar-refractivity contribution >= 4 is 29.1 Å². The second-order valence-electron chi connectivity index (χ2n) is 8.01. The van der Waals surface area contributed by atoms with Gasteiger partial charge in [0, 0.05) is 42.2 Å². The lowest BCUT2D eigenvalue weighted by atomic mass is 10.2. The van der Waals surface area contributed by atoms with E-state index in [9.17, 15) is 14.4 Å². The third-order valence-electron chi connectivity index (χ3n) is 5.36. The van der Waals surface area contributed by atoms with Gasteiger partial charge in [0.2, 0.25) is 5.91 Å². The van der Waals surface area contributed by atoms with Gasteiger partial charge in [-0.1, -0.05) is 13.3 Å². The summed E-state index contributed by atoms with van der Waals surface area (Å²) in [6, 6.07) is 13.7. The number of ether oxygens (including phenoxy) is 1. The van der Waals surface area contributed by atoms with Crippen LogP contribution in [0.25, 0.3) is 0 Å². The fourth-order valence-corrected chi connectivity index (χ4v) is 3.43. The first-order valence-corrected chi connectivity index (χ1v) is 11.5. The Morgan fingerprint density at radius 2 is 1.55 bits per heavy atom. The van der Waals surface area contributed by atoms with E-state index >= 15 is 0 Å². The lowest BCUT2D eigenvalue weighted by Gasteiger charge is -2.11.